The zero-order valence-corrected chi connectivity index (χ0v) is 20.6. The highest BCUT2D eigenvalue weighted by Gasteiger charge is 2.64. The molecule has 198 valence electrons. The molecule has 38 heavy (non-hydrogen) atoms. The van der Waals surface area contributed by atoms with Gasteiger partial charge in [0, 0.05) is 18.4 Å². The molecule has 0 atom stereocenters. The van der Waals surface area contributed by atoms with Crippen molar-refractivity contribution >= 4 is 32.6 Å². The first kappa shape index (κ1) is 25.8. The number of alkyl halides is 3. The highest BCUT2D eigenvalue weighted by atomic mass is 32.2. The molecule has 2 heterocycles. The summed E-state index contributed by atoms with van der Waals surface area (Å²) in [6.45, 7) is -0.100. The molecule has 1 fully saturated rings. The predicted octanol–water partition coefficient (Wildman–Crippen LogP) is 5.49. The van der Waals surface area contributed by atoms with E-state index in [1.165, 1.54) is 30.3 Å². The van der Waals surface area contributed by atoms with Crippen LogP contribution in [-0.2, 0) is 16.4 Å². The van der Waals surface area contributed by atoms with E-state index in [9.17, 15) is 30.4 Å². The van der Waals surface area contributed by atoms with Gasteiger partial charge in [0.05, 0.1) is 16.1 Å². The first-order chi connectivity index (χ1) is 17.8. The molecule has 1 aliphatic carbocycles. The minimum Gasteiger partial charge on any atom is -0.354 e. The Morgan fingerprint density at radius 3 is 2.26 bits per heavy atom. The largest absolute Gasteiger partial charge is 0.411 e. The van der Waals surface area contributed by atoms with Crippen LogP contribution < -0.4 is 10.6 Å². The number of halogens is 5. The third-order valence-electron chi connectivity index (χ3n) is 6.14. The van der Waals surface area contributed by atoms with Crippen LogP contribution in [0.4, 0.5) is 33.7 Å². The number of nitrogens with zero attached hydrogens (tertiary/aromatic N) is 3. The van der Waals surface area contributed by atoms with Crippen molar-refractivity contribution in [1.82, 2.24) is 15.0 Å². The summed E-state index contributed by atoms with van der Waals surface area (Å²) in [5, 5.41) is 5.32. The molecule has 1 saturated carbocycles. The van der Waals surface area contributed by atoms with E-state index in [-0.39, 0.29) is 52.6 Å². The lowest BCUT2D eigenvalue weighted by Crippen LogP contribution is -2.39. The lowest BCUT2D eigenvalue weighted by molar-refractivity contribution is -0.151. The molecular weight excluding hydrogens is 529 g/mol. The standard InChI is InChI=1S/C25H20F5N5O2S/c1-38(36,37)18-11-14(10-17(27)12-18)13-31-23-33-20-7-6-19(15-2-4-16(26)5-3-15)32-21(20)22(34-23)35-24(8-9-24)25(28,29)30/h2-7,10-12H,8-9,13H2,1H3,(H2,31,33,34,35). The van der Waals surface area contributed by atoms with E-state index >= 15 is 0 Å². The Hall–Kier alpha value is -3.87. The minimum absolute atomic E-state index is 0.0699. The van der Waals surface area contributed by atoms with Crippen LogP contribution in [0.3, 0.4) is 0 Å². The summed E-state index contributed by atoms with van der Waals surface area (Å²) < 4.78 is 92.2. The van der Waals surface area contributed by atoms with Gasteiger partial charge in [-0.25, -0.2) is 27.2 Å². The zero-order chi connectivity index (χ0) is 27.3. The summed E-state index contributed by atoms with van der Waals surface area (Å²) in [6, 6.07) is 11.9. The van der Waals surface area contributed by atoms with Gasteiger partial charge in [-0.15, -0.1) is 0 Å². The summed E-state index contributed by atoms with van der Waals surface area (Å²) in [6.07, 6.45) is -3.86. The van der Waals surface area contributed by atoms with E-state index in [1.807, 2.05) is 0 Å². The van der Waals surface area contributed by atoms with Gasteiger partial charge < -0.3 is 10.6 Å². The molecule has 0 saturated heterocycles. The van der Waals surface area contributed by atoms with Crippen molar-refractivity contribution in [1.29, 1.82) is 0 Å². The molecule has 5 rings (SSSR count). The van der Waals surface area contributed by atoms with Gasteiger partial charge >= 0.3 is 6.18 Å². The topological polar surface area (TPSA) is 96.9 Å². The first-order valence-electron chi connectivity index (χ1n) is 11.4. The smallest absolute Gasteiger partial charge is 0.354 e. The molecule has 0 bridgehead atoms. The number of anilines is 2. The SMILES string of the molecule is CS(=O)(=O)c1cc(F)cc(CNc2nc(NC3(C(F)(F)F)CC3)c3nc(-c4ccc(F)cc4)ccc3n2)c1. The van der Waals surface area contributed by atoms with Crippen LogP contribution in [0.5, 0.6) is 0 Å². The summed E-state index contributed by atoms with van der Waals surface area (Å²) in [5.41, 5.74) is -0.641. The second kappa shape index (κ2) is 9.15. The number of sulfone groups is 1. The molecule has 0 unspecified atom stereocenters. The van der Waals surface area contributed by atoms with Crippen molar-refractivity contribution in [2.45, 2.75) is 36.0 Å². The Bertz CT molecular complexity index is 1640. The molecular formula is C25H20F5N5O2S. The molecule has 0 radical (unpaired) electrons. The van der Waals surface area contributed by atoms with Gasteiger partial charge in [0.2, 0.25) is 5.95 Å². The molecule has 1 aliphatic rings. The quantitative estimate of drug-likeness (QED) is 0.294. The number of fused-ring (bicyclic) bond motifs is 1. The maximum absolute atomic E-state index is 14.0. The lowest BCUT2D eigenvalue weighted by Gasteiger charge is -2.22. The number of hydrogen-bond donors (Lipinski definition) is 2. The molecule has 0 aliphatic heterocycles. The average Bonchev–Trinajstić information content (AvgIpc) is 3.63. The van der Waals surface area contributed by atoms with Crippen LogP contribution >= 0.6 is 0 Å². The van der Waals surface area contributed by atoms with E-state index in [0.29, 0.717) is 11.3 Å². The number of benzene rings is 2. The van der Waals surface area contributed by atoms with Gasteiger partial charge in [-0.05, 0) is 73.0 Å². The Labute approximate surface area is 214 Å². The second-order valence-electron chi connectivity index (χ2n) is 9.09. The van der Waals surface area contributed by atoms with E-state index in [2.05, 4.69) is 25.6 Å². The Morgan fingerprint density at radius 2 is 1.63 bits per heavy atom. The number of pyridine rings is 1. The highest BCUT2D eigenvalue weighted by molar-refractivity contribution is 7.90. The maximum Gasteiger partial charge on any atom is 0.411 e. The fourth-order valence-corrected chi connectivity index (χ4v) is 4.60. The van der Waals surface area contributed by atoms with E-state index in [0.717, 1.165) is 18.4 Å². The Balaban J connectivity index is 1.53. The monoisotopic (exact) mass is 549 g/mol. The van der Waals surface area contributed by atoms with Crippen LogP contribution in [0.25, 0.3) is 22.3 Å². The van der Waals surface area contributed by atoms with Crippen LogP contribution in [0.2, 0.25) is 0 Å². The summed E-state index contributed by atoms with van der Waals surface area (Å²) in [4.78, 5) is 12.8. The number of rotatable bonds is 7. The first-order valence-corrected chi connectivity index (χ1v) is 13.3. The van der Waals surface area contributed by atoms with Crippen molar-refractivity contribution in [2.75, 3.05) is 16.9 Å². The van der Waals surface area contributed by atoms with Crippen molar-refractivity contribution in [3.63, 3.8) is 0 Å². The van der Waals surface area contributed by atoms with Gasteiger partial charge in [0.25, 0.3) is 0 Å². The molecule has 0 amide bonds. The van der Waals surface area contributed by atoms with Crippen molar-refractivity contribution in [3.8, 4) is 11.3 Å². The second-order valence-corrected chi connectivity index (χ2v) is 11.1. The number of nitrogens with one attached hydrogen (secondary N) is 2. The third-order valence-corrected chi connectivity index (χ3v) is 7.23. The van der Waals surface area contributed by atoms with Crippen molar-refractivity contribution in [2.24, 2.45) is 0 Å². The van der Waals surface area contributed by atoms with Gasteiger partial charge in [0.15, 0.2) is 15.7 Å². The fourth-order valence-electron chi connectivity index (χ4n) is 3.91. The van der Waals surface area contributed by atoms with Crippen molar-refractivity contribution in [3.05, 3.63) is 71.8 Å². The Kier molecular flexibility index (Phi) is 6.21. The highest BCUT2D eigenvalue weighted by Crippen LogP contribution is 2.51. The molecule has 2 aromatic heterocycles. The average molecular weight is 550 g/mol. The molecule has 2 aromatic carbocycles. The summed E-state index contributed by atoms with van der Waals surface area (Å²) >= 11 is 0. The van der Waals surface area contributed by atoms with E-state index in [4.69, 9.17) is 0 Å². The molecule has 7 nitrogen and oxygen atoms in total. The zero-order valence-electron chi connectivity index (χ0n) is 19.8. The fraction of sp³-hybridized carbons (Fsp3) is 0.240. The number of hydrogen-bond acceptors (Lipinski definition) is 7. The molecule has 0 spiro atoms. The maximum atomic E-state index is 14.0. The number of aromatic nitrogens is 3. The van der Waals surface area contributed by atoms with Crippen LogP contribution in [0.15, 0.2) is 59.5 Å². The molecule has 4 aromatic rings. The van der Waals surface area contributed by atoms with E-state index in [1.54, 1.807) is 12.1 Å². The van der Waals surface area contributed by atoms with Gasteiger partial charge in [-0.1, -0.05) is 0 Å². The predicted molar refractivity (Wildman–Crippen MR) is 131 cm³/mol. The van der Waals surface area contributed by atoms with Gasteiger partial charge in [0.1, 0.15) is 22.7 Å². The summed E-state index contributed by atoms with van der Waals surface area (Å²) in [7, 11) is -3.67. The normalized spacial score (nSPS) is 14.9. The van der Waals surface area contributed by atoms with Crippen molar-refractivity contribution < 1.29 is 30.4 Å². The minimum atomic E-state index is -4.53. The van der Waals surface area contributed by atoms with Crippen LogP contribution in [-0.4, -0.2) is 41.3 Å². The molecule has 2 N–H and O–H groups in total. The summed E-state index contributed by atoms with van der Waals surface area (Å²) in [5.74, 6) is -1.43. The van der Waals surface area contributed by atoms with Gasteiger partial charge in [-0.3, -0.25) is 0 Å². The van der Waals surface area contributed by atoms with E-state index < -0.39 is 33.2 Å². The van der Waals surface area contributed by atoms with Gasteiger partial charge in [-0.2, -0.15) is 18.2 Å². The molecule has 13 heteroatoms. The third kappa shape index (κ3) is 5.23. The van der Waals surface area contributed by atoms with Crippen LogP contribution in [0.1, 0.15) is 18.4 Å². The Morgan fingerprint density at radius 1 is 0.921 bits per heavy atom. The lowest BCUT2D eigenvalue weighted by atomic mass is 10.1. The van der Waals surface area contributed by atoms with Crippen LogP contribution in [0, 0.1) is 11.6 Å².